The van der Waals surface area contributed by atoms with Gasteiger partial charge in [0.25, 0.3) is 0 Å². The summed E-state index contributed by atoms with van der Waals surface area (Å²) in [6, 6.07) is 6.75. The first-order valence-electron chi connectivity index (χ1n) is 6.32. The van der Waals surface area contributed by atoms with E-state index < -0.39 is 6.04 Å². The van der Waals surface area contributed by atoms with Crippen LogP contribution in [-0.4, -0.2) is 24.3 Å². The van der Waals surface area contributed by atoms with E-state index in [0.717, 1.165) is 12.8 Å². The van der Waals surface area contributed by atoms with Crippen LogP contribution < -0.4 is 10.1 Å². The van der Waals surface area contributed by atoms with E-state index in [1.807, 2.05) is 12.1 Å². The highest BCUT2D eigenvalue weighted by Crippen LogP contribution is 2.30. The highest BCUT2D eigenvalue weighted by atomic mass is 16.5. The Labute approximate surface area is 105 Å². The number of hydrogen-bond donors (Lipinski definition) is 1. The summed E-state index contributed by atoms with van der Waals surface area (Å²) < 4.78 is 5.53. The lowest BCUT2D eigenvalue weighted by Crippen LogP contribution is -2.41. The largest absolute Gasteiger partial charge is 0.493 e. The number of para-hydroxylation sites is 1. The van der Waals surface area contributed by atoms with Crippen molar-refractivity contribution in [2.75, 3.05) is 6.61 Å². The average Bonchev–Trinajstić information content (AvgIpc) is 3.20. The molecule has 94 valence electrons. The molecular weight excluding hydrogens is 230 g/mol. The molecule has 1 saturated carbocycles. The van der Waals surface area contributed by atoms with Crippen LogP contribution in [0.3, 0.4) is 0 Å². The third kappa shape index (κ3) is 2.10. The number of carbonyl (C=O) groups is 2. The molecule has 18 heavy (non-hydrogen) atoms. The van der Waals surface area contributed by atoms with E-state index in [0.29, 0.717) is 24.3 Å². The van der Waals surface area contributed by atoms with Gasteiger partial charge in [-0.2, -0.15) is 0 Å². The number of nitrogens with one attached hydrogen (secondary N) is 1. The zero-order valence-corrected chi connectivity index (χ0v) is 10.0. The predicted molar refractivity (Wildman–Crippen MR) is 65.5 cm³/mol. The van der Waals surface area contributed by atoms with Crippen LogP contribution in [0.25, 0.3) is 0 Å². The summed E-state index contributed by atoms with van der Waals surface area (Å²) in [5.74, 6) is 0.702. The van der Waals surface area contributed by atoms with Gasteiger partial charge in [0.2, 0.25) is 5.91 Å². The minimum absolute atomic E-state index is 0.00716. The van der Waals surface area contributed by atoms with Gasteiger partial charge in [0, 0.05) is 12.3 Å². The molecule has 2 aliphatic rings. The van der Waals surface area contributed by atoms with Crippen LogP contribution in [0.15, 0.2) is 24.3 Å². The Kier molecular flexibility index (Phi) is 2.78. The number of ketones is 1. The Morgan fingerprint density at radius 1 is 1.22 bits per heavy atom. The smallest absolute Gasteiger partial charge is 0.223 e. The summed E-state index contributed by atoms with van der Waals surface area (Å²) in [6.07, 6.45) is 2.42. The van der Waals surface area contributed by atoms with Crippen LogP contribution >= 0.6 is 0 Å². The monoisotopic (exact) mass is 245 g/mol. The molecule has 0 aromatic heterocycles. The summed E-state index contributed by atoms with van der Waals surface area (Å²) in [7, 11) is 0. The van der Waals surface area contributed by atoms with Gasteiger partial charge in [-0.3, -0.25) is 9.59 Å². The number of benzene rings is 1. The summed E-state index contributed by atoms with van der Waals surface area (Å²) in [5, 5.41) is 2.84. The molecule has 0 saturated heterocycles. The molecule has 4 heteroatoms. The molecule has 3 rings (SSSR count). The van der Waals surface area contributed by atoms with E-state index >= 15 is 0 Å². The topological polar surface area (TPSA) is 55.4 Å². The van der Waals surface area contributed by atoms with Crippen molar-refractivity contribution in [3.63, 3.8) is 0 Å². The molecule has 1 amide bonds. The van der Waals surface area contributed by atoms with Gasteiger partial charge in [-0.15, -0.1) is 0 Å². The second-order valence-electron chi connectivity index (χ2n) is 4.83. The van der Waals surface area contributed by atoms with Crippen molar-refractivity contribution >= 4 is 11.7 Å². The van der Waals surface area contributed by atoms with E-state index in [2.05, 4.69) is 5.32 Å². The maximum atomic E-state index is 12.3. The Morgan fingerprint density at radius 3 is 2.78 bits per heavy atom. The maximum absolute atomic E-state index is 12.3. The Hall–Kier alpha value is -1.84. The molecule has 0 radical (unpaired) electrons. The minimum Gasteiger partial charge on any atom is -0.493 e. The number of hydrogen-bond acceptors (Lipinski definition) is 3. The second-order valence-corrected chi connectivity index (χ2v) is 4.83. The molecule has 1 aromatic carbocycles. The molecule has 1 aromatic rings. The molecule has 1 unspecified atom stereocenters. The molecule has 1 N–H and O–H groups in total. The van der Waals surface area contributed by atoms with Gasteiger partial charge in [0.05, 0.1) is 18.2 Å². The number of rotatable bonds is 2. The van der Waals surface area contributed by atoms with E-state index in [4.69, 9.17) is 4.74 Å². The van der Waals surface area contributed by atoms with Gasteiger partial charge >= 0.3 is 0 Å². The van der Waals surface area contributed by atoms with Gasteiger partial charge in [-0.1, -0.05) is 12.1 Å². The zero-order valence-electron chi connectivity index (χ0n) is 10.0. The molecule has 4 nitrogen and oxygen atoms in total. The van der Waals surface area contributed by atoms with Crippen LogP contribution in [0.4, 0.5) is 0 Å². The summed E-state index contributed by atoms with van der Waals surface area (Å²) in [5.41, 5.74) is 0.566. The highest BCUT2D eigenvalue weighted by Gasteiger charge is 2.34. The van der Waals surface area contributed by atoms with E-state index in [1.54, 1.807) is 12.1 Å². The van der Waals surface area contributed by atoms with Crippen LogP contribution in [0, 0.1) is 5.92 Å². The predicted octanol–water partition coefficient (Wildman–Crippen LogP) is 1.55. The van der Waals surface area contributed by atoms with Crippen LogP contribution in [0.2, 0.25) is 0 Å². The molecule has 1 aliphatic carbocycles. The average molecular weight is 245 g/mol. The van der Waals surface area contributed by atoms with E-state index in [1.165, 1.54) is 0 Å². The lowest BCUT2D eigenvalue weighted by molar-refractivity contribution is -0.122. The lowest BCUT2D eigenvalue weighted by Gasteiger charge is -2.14. The van der Waals surface area contributed by atoms with Gasteiger partial charge in [-0.25, -0.2) is 0 Å². The normalized spacial score (nSPS) is 22.7. The van der Waals surface area contributed by atoms with Gasteiger partial charge in [-0.05, 0) is 25.0 Å². The number of Topliss-reactive ketones (excluding diaryl/α,β-unsaturated/α-hetero) is 1. The zero-order chi connectivity index (χ0) is 12.5. The summed E-state index contributed by atoms with van der Waals surface area (Å²) in [6.45, 7) is 0.457. The van der Waals surface area contributed by atoms with E-state index in [-0.39, 0.29) is 17.6 Å². The number of amides is 1. The molecule has 0 spiro atoms. The highest BCUT2D eigenvalue weighted by molar-refractivity contribution is 6.04. The fourth-order valence-electron chi connectivity index (χ4n) is 2.17. The van der Waals surface area contributed by atoms with Crippen molar-refractivity contribution in [3.05, 3.63) is 29.8 Å². The quantitative estimate of drug-likeness (QED) is 0.860. The van der Waals surface area contributed by atoms with Crippen molar-refractivity contribution < 1.29 is 14.3 Å². The summed E-state index contributed by atoms with van der Waals surface area (Å²) >= 11 is 0. The minimum atomic E-state index is -0.443. The van der Waals surface area contributed by atoms with Crippen molar-refractivity contribution in [2.24, 2.45) is 5.92 Å². The fraction of sp³-hybridized carbons (Fsp3) is 0.429. The van der Waals surface area contributed by atoms with Gasteiger partial charge < -0.3 is 10.1 Å². The third-order valence-corrected chi connectivity index (χ3v) is 3.40. The standard InChI is InChI=1S/C14H15NO3/c16-13-10-3-1-2-4-12(10)18-8-7-11(13)15-14(17)9-5-6-9/h1-4,9,11H,5-8H2,(H,15,17). The van der Waals surface area contributed by atoms with Crippen LogP contribution in [-0.2, 0) is 4.79 Å². The molecule has 1 aliphatic heterocycles. The molecule has 1 atom stereocenters. The Balaban J connectivity index is 1.80. The van der Waals surface area contributed by atoms with Crippen LogP contribution in [0.1, 0.15) is 29.6 Å². The molecule has 1 heterocycles. The van der Waals surface area contributed by atoms with Crippen molar-refractivity contribution in [1.82, 2.24) is 5.32 Å². The Morgan fingerprint density at radius 2 is 2.00 bits per heavy atom. The fourth-order valence-corrected chi connectivity index (χ4v) is 2.17. The van der Waals surface area contributed by atoms with Gasteiger partial charge in [0.15, 0.2) is 5.78 Å². The molecular formula is C14H15NO3. The molecule has 1 fully saturated rings. The van der Waals surface area contributed by atoms with Crippen molar-refractivity contribution in [1.29, 1.82) is 0 Å². The third-order valence-electron chi connectivity index (χ3n) is 3.40. The lowest BCUT2D eigenvalue weighted by atomic mass is 10.0. The van der Waals surface area contributed by atoms with E-state index in [9.17, 15) is 9.59 Å². The first-order valence-corrected chi connectivity index (χ1v) is 6.32. The number of ether oxygens (including phenoxy) is 1. The van der Waals surface area contributed by atoms with Crippen LogP contribution in [0.5, 0.6) is 5.75 Å². The second kappa shape index (κ2) is 4.44. The first kappa shape index (κ1) is 11.3. The van der Waals surface area contributed by atoms with Gasteiger partial charge in [0.1, 0.15) is 5.75 Å². The number of fused-ring (bicyclic) bond motifs is 1. The first-order chi connectivity index (χ1) is 8.75. The van der Waals surface area contributed by atoms with Crippen molar-refractivity contribution in [2.45, 2.75) is 25.3 Å². The number of carbonyl (C=O) groups excluding carboxylic acids is 2. The Bertz CT molecular complexity index is 494. The molecule has 0 bridgehead atoms. The van der Waals surface area contributed by atoms with Crippen molar-refractivity contribution in [3.8, 4) is 5.75 Å². The SMILES string of the molecule is O=C(NC1CCOc2ccccc2C1=O)C1CC1. The summed E-state index contributed by atoms with van der Waals surface area (Å²) in [4.78, 5) is 24.1. The maximum Gasteiger partial charge on any atom is 0.223 e.